The van der Waals surface area contributed by atoms with Gasteiger partial charge < -0.3 is 59.9 Å². The zero-order valence-corrected chi connectivity index (χ0v) is 42.5. The SMILES string of the molecule is CCOCC[C@H]1CC[C@H]2C[C@@H]3[C@H](C[C@@H]2N1)CC1(CCCC1)[C@H]1[C@@H]3c2cc([C@@H]3CC[C@H]4[C@H](C3)O[C@H](c3c(CO)c(O)c(O)c(OC)c3Cc3cc[nH]c3)C[C@@H]4O)ccc2OCC[C@H]2CC[C@](O)(CC[C@@H]1O)C2. The number of benzene rings is 2. The van der Waals surface area contributed by atoms with E-state index in [0.29, 0.717) is 85.6 Å². The number of aromatic amines is 1. The Balaban J connectivity index is 0.947. The molecule has 1 spiro atoms. The molecule has 5 aliphatic carbocycles. The molecule has 2 saturated heterocycles. The monoisotopic (exact) mass is 981 g/mol. The Morgan fingerprint density at radius 2 is 1.68 bits per heavy atom. The lowest BCUT2D eigenvalue weighted by Crippen LogP contribution is -2.57. The van der Waals surface area contributed by atoms with Gasteiger partial charge in [-0.1, -0.05) is 25.0 Å². The number of ether oxygens (including phenoxy) is 4. The average Bonchev–Trinajstić information content (AvgIpc) is 4.16. The first-order chi connectivity index (χ1) is 34.5. The molecule has 0 radical (unpaired) electrons. The van der Waals surface area contributed by atoms with Crippen LogP contribution in [-0.4, -0.2) is 98.6 Å². The molecule has 3 aromatic rings. The Bertz CT molecular complexity index is 2300. The van der Waals surface area contributed by atoms with Gasteiger partial charge in [0.1, 0.15) is 5.75 Å². The zero-order chi connectivity index (χ0) is 49.0. The fourth-order valence-electron chi connectivity index (χ4n) is 17.2. The van der Waals surface area contributed by atoms with Crippen molar-refractivity contribution in [2.75, 3.05) is 26.9 Å². The molecule has 15 atom stereocenters. The highest BCUT2D eigenvalue weighted by atomic mass is 16.5. The highest BCUT2D eigenvalue weighted by Crippen LogP contribution is 2.66. The van der Waals surface area contributed by atoms with Crippen LogP contribution >= 0.6 is 0 Å². The summed E-state index contributed by atoms with van der Waals surface area (Å²) in [5, 5.41) is 74.4. The van der Waals surface area contributed by atoms with E-state index in [2.05, 4.69) is 35.4 Å². The van der Waals surface area contributed by atoms with Crippen LogP contribution in [0.25, 0.3) is 0 Å². The number of phenols is 2. The van der Waals surface area contributed by atoms with E-state index in [1.807, 2.05) is 18.5 Å². The first kappa shape index (κ1) is 49.8. The number of aromatic hydroxyl groups is 2. The van der Waals surface area contributed by atoms with Crippen LogP contribution in [0.2, 0.25) is 0 Å². The maximum Gasteiger partial charge on any atom is 0.201 e. The van der Waals surface area contributed by atoms with Gasteiger partial charge in [-0.05, 0) is 197 Å². The quantitative estimate of drug-likeness (QED) is 0.0715. The van der Waals surface area contributed by atoms with E-state index in [9.17, 15) is 30.6 Å². The number of aromatic nitrogens is 1. The molecule has 2 bridgehead atoms. The summed E-state index contributed by atoms with van der Waals surface area (Å²) in [7, 11) is 1.47. The first-order valence-corrected chi connectivity index (χ1v) is 28.2. The number of aliphatic hydroxyl groups excluding tert-OH is 3. The van der Waals surface area contributed by atoms with Crippen molar-refractivity contribution in [1.29, 1.82) is 0 Å². The second kappa shape index (κ2) is 20.7. The predicted molar refractivity (Wildman–Crippen MR) is 271 cm³/mol. The lowest BCUT2D eigenvalue weighted by Gasteiger charge is -2.59. The second-order valence-corrected chi connectivity index (χ2v) is 24.2. The van der Waals surface area contributed by atoms with Crippen molar-refractivity contribution in [3.63, 3.8) is 0 Å². The molecule has 12 nitrogen and oxygen atoms in total. The topological polar surface area (TPSA) is 186 Å². The Kier molecular flexibility index (Phi) is 14.6. The van der Waals surface area contributed by atoms with Crippen LogP contribution in [0.15, 0.2) is 36.7 Å². The maximum atomic E-state index is 13.0. The summed E-state index contributed by atoms with van der Waals surface area (Å²) in [6, 6.07) is 10.0. The average molecular weight is 981 g/mol. The van der Waals surface area contributed by atoms with Gasteiger partial charge in [0.15, 0.2) is 11.5 Å². The molecule has 0 unspecified atom stereocenters. The Labute approximate surface area is 421 Å². The van der Waals surface area contributed by atoms with E-state index in [-0.39, 0.29) is 46.5 Å². The summed E-state index contributed by atoms with van der Waals surface area (Å²) < 4.78 is 25.8. The minimum atomic E-state index is -0.718. The molecule has 390 valence electrons. The smallest absolute Gasteiger partial charge is 0.201 e. The third-order valence-corrected chi connectivity index (χ3v) is 20.4. The number of hydrogen-bond acceptors (Lipinski definition) is 11. The van der Waals surface area contributed by atoms with Crippen LogP contribution in [-0.2, 0) is 22.5 Å². The van der Waals surface area contributed by atoms with Gasteiger partial charge in [-0.15, -0.1) is 0 Å². The third-order valence-electron chi connectivity index (χ3n) is 20.4. The third kappa shape index (κ3) is 9.56. The lowest BCUT2D eigenvalue weighted by atomic mass is 9.47. The second-order valence-electron chi connectivity index (χ2n) is 24.2. The molecule has 7 fully saturated rings. The fraction of sp³-hybridized carbons (Fsp3) is 0.729. The van der Waals surface area contributed by atoms with Crippen LogP contribution in [0.3, 0.4) is 0 Å². The van der Waals surface area contributed by atoms with Gasteiger partial charge in [0.05, 0.1) is 50.3 Å². The number of methoxy groups -OCH3 is 1. The molecule has 3 aliphatic heterocycles. The van der Waals surface area contributed by atoms with E-state index in [1.165, 1.54) is 56.8 Å². The van der Waals surface area contributed by atoms with Crippen LogP contribution in [0.4, 0.5) is 0 Å². The Morgan fingerprint density at radius 1 is 0.831 bits per heavy atom. The normalized spacial score (nSPS) is 37.8. The minimum Gasteiger partial charge on any atom is -0.504 e. The summed E-state index contributed by atoms with van der Waals surface area (Å²) >= 11 is 0. The number of rotatable bonds is 10. The van der Waals surface area contributed by atoms with Gasteiger partial charge in [-0.25, -0.2) is 0 Å². The van der Waals surface area contributed by atoms with E-state index in [4.69, 9.17) is 18.9 Å². The summed E-state index contributed by atoms with van der Waals surface area (Å²) in [6.45, 7) is 3.75. The molecule has 2 aromatic carbocycles. The van der Waals surface area contributed by atoms with Crippen molar-refractivity contribution in [2.45, 2.75) is 202 Å². The van der Waals surface area contributed by atoms with Crippen LogP contribution in [0.5, 0.6) is 23.0 Å². The molecule has 8 N–H and O–H groups in total. The zero-order valence-electron chi connectivity index (χ0n) is 42.5. The van der Waals surface area contributed by atoms with Gasteiger partial charge in [0.25, 0.3) is 0 Å². The van der Waals surface area contributed by atoms with Gasteiger partial charge in [0, 0.05) is 67.6 Å². The molecule has 71 heavy (non-hydrogen) atoms. The number of piperidine rings is 1. The predicted octanol–water partition coefficient (Wildman–Crippen LogP) is 9.60. The standard InChI is InChI=1S/C59H84N2O10/c1-3-69-22-16-40-9-6-38-26-42-39(27-46(38)61-40)31-58(17-4-5-18-58)54-47(63)13-20-59(67)19-12-34(30-59)15-23-70-49-11-8-36(25-43(49)53(42)54)37-7-10-41-48(64)29-51(71-50(41)28-37)52-44(24-35-14-21-60-32-35)57(68-2)56(66)55(65)45(52)33-62/h8,11,14,21,25,32,34,37-42,46-48,50-51,53-54,60-67H,3-7,9-10,12-13,15-20,22-24,26-31,33H2,1-2H3/t34-,37-,38+,39-,40-,41-,42-,46+,47+,48+,50+,51+,53+,54-,59+/m1/s1. The number of phenolic OH excluding ortho intramolecular Hbond substituents is 1. The summed E-state index contributed by atoms with van der Waals surface area (Å²) in [5.41, 5.74) is 4.18. The van der Waals surface area contributed by atoms with Crippen molar-refractivity contribution in [1.82, 2.24) is 10.3 Å². The van der Waals surface area contributed by atoms with Crippen molar-refractivity contribution in [3.05, 3.63) is 70.0 Å². The lowest BCUT2D eigenvalue weighted by molar-refractivity contribution is -0.154. The van der Waals surface area contributed by atoms with Crippen molar-refractivity contribution >= 4 is 0 Å². The van der Waals surface area contributed by atoms with Crippen molar-refractivity contribution in [2.24, 2.45) is 40.9 Å². The number of nitrogens with one attached hydrogen (secondary N) is 2. The minimum absolute atomic E-state index is 0.0350. The highest BCUT2D eigenvalue weighted by molar-refractivity contribution is 5.64. The van der Waals surface area contributed by atoms with E-state index < -0.39 is 42.0 Å². The molecule has 8 aliphatic rings. The number of hydrogen-bond donors (Lipinski definition) is 8. The van der Waals surface area contributed by atoms with Crippen LogP contribution in [0, 0.1) is 40.9 Å². The van der Waals surface area contributed by atoms with Gasteiger partial charge in [-0.3, -0.25) is 0 Å². The molecule has 1 aromatic heterocycles. The van der Waals surface area contributed by atoms with Crippen molar-refractivity contribution in [3.8, 4) is 23.0 Å². The molecular weight excluding hydrogens is 897 g/mol. The van der Waals surface area contributed by atoms with E-state index in [0.717, 1.165) is 88.7 Å². The summed E-state index contributed by atoms with van der Waals surface area (Å²) in [4.78, 5) is 3.11. The van der Waals surface area contributed by atoms with E-state index in [1.54, 1.807) is 0 Å². The molecule has 11 rings (SSSR count). The molecule has 5 saturated carbocycles. The molecule has 0 amide bonds. The molecule has 4 heterocycles. The Hall–Kier alpha value is -3.36. The maximum absolute atomic E-state index is 13.0. The summed E-state index contributed by atoms with van der Waals surface area (Å²) in [5.74, 6) is 2.51. The summed E-state index contributed by atoms with van der Waals surface area (Å²) in [6.07, 6.45) is 21.1. The van der Waals surface area contributed by atoms with Gasteiger partial charge >= 0.3 is 0 Å². The van der Waals surface area contributed by atoms with Gasteiger partial charge in [-0.2, -0.15) is 0 Å². The Morgan fingerprint density at radius 3 is 2.46 bits per heavy atom. The highest BCUT2D eigenvalue weighted by Gasteiger charge is 2.59. The molecule has 12 heteroatoms. The first-order valence-electron chi connectivity index (χ1n) is 28.2. The fourth-order valence-corrected chi connectivity index (χ4v) is 17.2. The van der Waals surface area contributed by atoms with E-state index >= 15 is 0 Å². The number of fused-ring (bicyclic) bond motifs is 10. The number of H-pyrrole nitrogens is 1. The van der Waals surface area contributed by atoms with Crippen molar-refractivity contribution < 1.29 is 49.6 Å². The molecular formula is C59H84N2O10. The largest absolute Gasteiger partial charge is 0.504 e. The van der Waals surface area contributed by atoms with Gasteiger partial charge in [0.2, 0.25) is 5.75 Å². The number of aliphatic hydroxyl groups is 4. The van der Waals surface area contributed by atoms with Crippen LogP contribution < -0.4 is 14.8 Å². The van der Waals surface area contributed by atoms with Crippen LogP contribution in [0.1, 0.15) is 187 Å².